The van der Waals surface area contributed by atoms with Gasteiger partial charge in [-0.25, -0.2) is 14.6 Å². The van der Waals surface area contributed by atoms with E-state index in [1.165, 1.54) is 4.90 Å². The third kappa shape index (κ3) is 2.51. The number of carbonyl (C=O) groups is 2. The molecule has 6 heteroatoms. The summed E-state index contributed by atoms with van der Waals surface area (Å²) in [6, 6.07) is 2.73. The van der Waals surface area contributed by atoms with Crippen LogP contribution >= 0.6 is 0 Å². The standard InChI is InChI=1S/C15H21N3O3/c1-10(2)8-18(13-11(3)6-5-7-16-13)9-12(14(19)20)17(4)15(18)21/h5-7,10,12H,8-9H2,1-4H3/p+1. The van der Waals surface area contributed by atoms with Gasteiger partial charge in [-0.15, -0.1) is 0 Å². The van der Waals surface area contributed by atoms with Crippen molar-refractivity contribution in [2.75, 3.05) is 20.1 Å². The van der Waals surface area contributed by atoms with Gasteiger partial charge in [0, 0.05) is 24.7 Å². The second-order valence-corrected chi connectivity index (χ2v) is 6.12. The van der Waals surface area contributed by atoms with Crippen molar-refractivity contribution in [3.8, 4) is 0 Å². The van der Waals surface area contributed by atoms with Gasteiger partial charge in [0.15, 0.2) is 6.04 Å². The Balaban J connectivity index is 2.57. The number of urea groups is 1. The van der Waals surface area contributed by atoms with Crippen molar-refractivity contribution in [3.63, 3.8) is 0 Å². The molecule has 1 aromatic rings. The lowest BCUT2D eigenvalue weighted by molar-refractivity contribution is -0.140. The third-order valence-electron chi connectivity index (χ3n) is 3.97. The minimum absolute atomic E-state index is 0.0161. The van der Waals surface area contributed by atoms with Crippen LogP contribution < -0.4 is 4.48 Å². The summed E-state index contributed by atoms with van der Waals surface area (Å²) in [5.41, 5.74) is 0.908. The number of aliphatic carboxylic acids is 1. The second kappa shape index (κ2) is 5.44. The fraction of sp³-hybridized carbons (Fsp3) is 0.533. The molecule has 1 N–H and O–H groups in total. The van der Waals surface area contributed by atoms with Crippen molar-refractivity contribution < 1.29 is 14.7 Å². The summed E-state index contributed by atoms with van der Waals surface area (Å²) < 4.78 is -0.0161. The zero-order chi connectivity index (χ0) is 15.8. The Hall–Kier alpha value is -1.95. The van der Waals surface area contributed by atoms with Crippen molar-refractivity contribution in [2.45, 2.75) is 26.8 Å². The van der Waals surface area contributed by atoms with E-state index in [9.17, 15) is 14.7 Å². The van der Waals surface area contributed by atoms with Crippen molar-refractivity contribution in [3.05, 3.63) is 23.9 Å². The number of aryl methyl sites for hydroxylation is 1. The normalized spacial score (nSPS) is 25.7. The molecule has 1 aliphatic rings. The molecule has 114 valence electrons. The number of likely N-dealkylation sites (N-methyl/N-ethyl adjacent to an activating group) is 1. The molecule has 1 aliphatic heterocycles. The van der Waals surface area contributed by atoms with Crippen LogP contribution in [-0.4, -0.2) is 53.2 Å². The predicted octanol–water partition coefficient (Wildman–Crippen LogP) is 1.87. The van der Waals surface area contributed by atoms with Gasteiger partial charge in [0.25, 0.3) is 0 Å². The van der Waals surface area contributed by atoms with Crippen LogP contribution in [0.15, 0.2) is 18.3 Å². The van der Waals surface area contributed by atoms with Gasteiger partial charge < -0.3 is 5.11 Å². The number of aromatic nitrogens is 1. The zero-order valence-electron chi connectivity index (χ0n) is 12.9. The minimum atomic E-state index is -0.969. The fourth-order valence-electron chi connectivity index (χ4n) is 3.14. The van der Waals surface area contributed by atoms with Crippen LogP contribution in [0.5, 0.6) is 0 Å². The summed E-state index contributed by atoms with van der Waals surface area (Å²) in [5.74, 6) is -0.0636. The fourth-order valence-corrected chi connectivity index (χ4v) is 3.14. The van der Waals surface area contributed by atoms with Crippen molar-refractivity contribution in [1.29, 1.82) is 0 Å². The van der Waals surface area contributed by atoms with Crippen LogP contribution in [0.25, 0.3) is 0 Å². The van der Waals surface area contributed by atoms with Gasteiger partial charge >= 0.3 is 12.0 Å². The molecule has 1 fully saturated rings. The Kier molecular flexibility index (Phi) is 4.00. The molecule has 2 atom stereocenters. The molecule has 2 heterocycles. The molecule has 0 saturated carbocycles. The van der Waals surface area contributed by atoms with E-state index in [2.05, 4.69) is 4.98 Å². The van der Waals surface area contributed by atoms with E-state index in [0.29, 0.717) is 12.4 Å². The summed E-state index contributed by atoms with van der Waals surface area (Å²) in [4.78, 5) is 30.0. The molecule has 2 unspecified atom stereocenters. The van der Waals surface area contributed by atoms with Gasteiger partial charge in [0.2, 0.25) is 5.82 Å². The maximum atomic E-state index is 12.8. The van der Waals surface area contributed by atoms with Crippen molar-refractivity contribution in [2.24, 2.45) is 5.92 Å². The van der Waals surface area contributed by atoms with Crippen LogP contribution in [0.1, 0.15) is 19.4 Å². The smallest absolute Gasteiger partial charge is 0.426 e. The molecule has 1 aromatic heterocycles. The van der Waals surface area contributed by atoms with Crippen molar-refractivity contribution >= 4 is 17.8 Å². The number of hydrogen-bond donors (Lipinski definition) is 1. The van der Waals surface area contributed by atoms with E-state index >= 15 is 0 Å². The monoisotopic (exact) mass is 292 g/mol. The van der Waals surface area contributed by atoms with Crippen LogP contribution in [0.4, 0.5) is 10.6 Å². The van der Waals surface area contributed by atoms with Gasteiger partial charge in [-0.1, -0.05) is 19.9 Å². The molecule has 6 nitrogen and oxygen atoms in total. The molecular formula is C15H22N3O3+. The number of hydrogen-bond acceptors (Lipinski definition) is 3. The Morgan fingerprint density at radius 2 is 2.24 bits per heavy atom. The number of rotatable bonds is 4. The van der Waals surface area contributed by atoms with Gasteiger partial charge in [-0.05, 0) is 13.0 Å². The number of quaternary nitrogens is 1. The number of nitrogens with zero attached hydrogens (tertiary/aromatic N) is 3. The minimum Gasteiger partial charge on any atom is -0.480 e. The molecule has 0 radical (unpaired) electrons. The Labute approximate surface area is 124 Å². The van der Waals surface area contributed by atoms with E-state index in [0.717, 1.165) is 5.56 Å². The maximum absolute atomic E-state index is 12.8. The van der Waals surface area contributed by atoms with Gasteiger partial charge in [-0.2, -0.15) is 4.48 Å². The summed E-state index contributed by atoms with van der Waals surface area (Å²) in [7, 11) is 1.56. The summed E-state index contributed by atoms with van der Waals surface area (Å²) in [6.07, 6.45) is 1.66. The lowest BCUT2D eigenvalue weighted by Gasteiger charge is -2.31. The zero-order valence-corrected chi connectivity index (χ0v) is 12.9. The number of carbonyl (C=O) groups excluding carboxylic acids is 1. The highest BCUT2D eigenvalue weighted by atomic mass is 16.4. The summed E-state index contributed by atoms with van der Waals surface area (Å²) >= 11 is 0. The summed E-state index contributed by atoms with van der Waals surface area (Å²) in [5, 5.41) is 9.36. The Bertz CT molecular complexity index is 573. The predicted molar refractivity (Wildman–Crippen MR) is 79.9 cm³/mol. The van der Waals surface area contributed by atoms with Crippen LogP contribution in [0.3, 0.4) is 0 Å². The molecule has 2 rings (SSSR count). The highest BCUT2D eigenvalue weighted by Gasteiger charge is 2.56. The Morgan fingerprint density at radius 1 is 1.57 bits per heavy atom. The quantitative estimate of drug-likeness (QED) is 0.860. The first-order valence-electron chi connectivity index (χ1n) is 7.09. The topological polar surface area (TPSA) is 70.5 Å². The van der Waals surface area contributed by atoms with Gasteiger partial charge in [0.1, 0.15) is 6.54 Å². The molecule has 2 amide bonds. The third-order valence-corrected chi connectivity index (χ3v) is 3.97. The highest BCUT2D eigenvalue weighted by molar-refractivity contribution is 5.94. The SMILES string of the molecule is Cc1cccnc1[N+]1(CC(C)C)CC(C(=O)O)N(C)C1=O. The maximum Gasteiger partial charge on any atom is 0.426 e. The molecular weight excluding hydrogens is 270 g/mol. The first kappa shape index (κ1) is 15.4. The van der Waals surface area contributed by atoms with Crippen LogP contribution in [0, 0.1) is 12.8 Å². The molecule has 0 bridgehead atoms. The average molecular weight is 292 g/mol. The highest BCUT2D eigenvalue weighted by Crippen LogP contribution is 2.33. The number of carboxylic acid groups (broad SMARTS) is 1. The average Bonchev–Trinajstić information content (AvgIpc) is 2.65. The van der Waals surface area contributed by atoms with E-state index in [4.69, 9.17) is 0 Å². The molecule has 1 saturated heterocycles. The van der Waals surface area contributed by atoms with Gasteiger partial charge in [0.05, 0.1) is 6.54 Å². The second-order valence-electron chi connectivity index (χ2n) is 6.12. The lowest BCUT2D eigenvalue weighted by Crippen LogP contribution is -2.55. The molecule has 0 aliphatic carbocycles. The molecule has 21 heavy (non-hydrogen) atoms. The van der Waals surface area contributed by atoms with E-state index in [-0.39, 0.29) is 23.0 Å². The van der Waals surface area contributed by atoms with Crippen molar-refractivity contribution in [1.82, 2.24) is 14.4 Å². The lowest BCUT2D eigenvalue weighted by atomic mass is 10.1. The van der Waals surface area contributed by atoms with E-state index < -0.39 is 12.0 Å². The molecule has 0 aromatic carbocycles. The number of carboxylic acids is 1. The largest absolute Gasteiger partial charge is 0.480 e. The van der Waals surface area contributed by atoms with Gasteiger partial charge in [-0.3, -0.25) is 4.90 Å². The first-order valence-corrected chi connectivity index (χ1v) is 7.09. The van der Waals surface area contributed by atoms with E-state index in [1.54, 1.807) is 13.2 Å². The van der Waals surface area contributed by atoms with Crippen LogP contribution in [-0.2, 0) is 4.79 Å². The molecule has 0 spiro atoms. The van der Waals surface area contributed by atoms with E-state index in [1.807, 2.05) is 32.9 Å². The Morgan fingerprint density at radius 3 is 2.71 bits per heavy atom. The first-order chi connectivity index (χ1) is 9.79. The number of amides is 2. The van der Waals surface area contributed by atoms with Crippen LogP contribution in [0.2, 0.25) is 0 Å². The summed E-state index contributed by atoms with van der Waals surface area (Å²) in [6.45, 7) is 6.73. The number of pyridine rings is 1.